The van der Waals surface area contributed by atoms with E-state index in [0.717, 1.165) is 25.3 Å². The van der Waals surface area contributed by atoms with Crippen LogP contribution >= 0.6 is 0 Å². The van der Waals surface area contributed by atoms with Gasteiger partial charge in [0.15, 0.2) is 11.6 Å². The Morgan fingerprint density at radius 1 is 1.16 bits per heavy atom. The molecule has 174 valence electrons. The molecule has 3 aliphatic rings. The molecule has 2 saturated carbocycles. The maximum atomic E-state index is 12.7. The SMILES string of the molecule is CC(C)n1nc(-c2cnc(N)c(OC(F)F)c2)cc1C1[C@H]2CC(N3CCCNCC3)C[C@@H]12. The van der Waals surface area contributed by atoms with Gasteiger partial charge in [0.1, 0.15) is 0 Å². The van der Waals surface area contributed by atoms with Crippen LogP contribution in [0.2, 0.25) is 0 Å². The molecule has 2 aromatic heterocycles. The summed E-state index contributed by atoms with van der Waals surface area (Å²) in [6.07, 6.45) is 5.31. The second-order valence-electron chi connectivity index (χ2n) is 9.60. The lowest BCUT2D eigenvalue weighted by Crippen LogP contribution is -2.37. The highest BCUT2D eigenvalue weighted by Gasteiger charge is 2.58. The van der Waals surface area contributed by atoms with Gasteiger partial charge < -0.3 is 15.8 Å². The van der Waals surface area contributed by atoms with Crippen LogP contribution in [0.4, 0.5) is 14.6 Å². The second-order valence-corrected chi connectivity index (χ2v) is 9.60. The predicted molar refractivity (Wildman–Crippen MR) is 119 cm³/mol. The number of pyridine rings is 1. The van der Waals surface area contributed by atoms with Crippen LogP contribution in [0.1, 0.15) is 50.8 Å². The molecule has 0 radical (unpaired) electrons. The normalized spacial score (nSPS) is 28.2. The van der Waals surface area contributed by atoms with Gasteiger partial charge in [-0.2, -0.15) is 13.9 Å². The van der Waals surface area contributed by atoms with Gasteiger partial charge in [0, 0.05) is 48.5 Å². The average molecular weight is 447 g/mol. The van der Waals surface area contributed by atoms with Crippen molar-refractivity contribution in [3.63, 3.8) is 0 Å². The Morgan fingerprint density at radius 2 is 1.94 bits per heavy atom. The standard InChI is InChI=1S/C23H32F2N6O/c1-13(2)31-19(11-18(29-31)14-8-20(32-23(24)25)22(26)28-12-14)21-16-9-15(10-17(16)21)30-6-3-4-27-5-7-30/h8,11-13,15-17,21,23,27H,3-7,9-10H2,1-2H3,(H2,26,28)/t15?,16-,17+,21?. The molecule has 0 amide bonds. The van der Waals surface area contributed by atoms with Gasteiger partial charge in [-0.05, 0) is 70.2 Å². The molecule has 32 heavy (non-hydrogen) atoms. The van der Waals surface area contributed by atoms with E-state index in [0.29, 0.717) is 29.4 Å². The highest BCUT2D eigenvalue weighted by Crippen LogP contribution is 2.64. The van der Waals surface area contributed by atoms with E-state index < -0.39 is 6.61 Å². The summed E-state index contributed by atoms with van der Waals surface area (Å²) in [5.41, 5.74) is 8.30. The van der Waals surface area contributed by atoms with Gasteiger partial charge in [-0.25, -0.2) is 4.98 Å². The molecule has 0 aromatic carbocycles. The topological polar surface area (TPSA) is 81.2 Å². The first kappa shape index (κ1) is 21.6. The van der Waals surface area contributed by atoms with Crippen molar-refractivity contribution in [2.24, 2.45) is 11.8 Å². The highest BCUT2D eigenvalue weighted by molar-refractivity contribution is 5.64. The summed E-state index contributed by atoms with van der Waals surface area (Å²) in [7, 11) is 0. The van der Waals surface area contributed by atoms with Crippen LogP contribution < -0.4 is 15.8 Å². The number of nitrogens with two attached hydrogens (primary N) is 1. The number of rotatable bonds is 6. The monoisotopic (exact) mass is 446 g/mol. The number of nitrogen functional groups attached to an aromatic ring is 1. The van der Waals surface area contributed by atoms with E-state index in [1.807, 2.05) is 0 Å². The van der Waals surface area contributed by atoms with Gasteiger partial charge in [-0.3, -0.25) is 9.58 Å². The lowest BCUT2D eigenvalue weighted by atomic mass is 10.0. The predicted octanol–water partition coefficient (Wildman–Crippen LogP) is 3.50. The third-order valence-corrected chi connectivity index (χ3v) is 7.30. The molecule has 4 atom stereocenters. The van der Waals surface area contributed by atoms with Gasteiger partial charge in [0.25, 0.3) is 0 Å². The molecular formula is C23H32F2N6O. The van der Waals surface area contributed by atoms with Crippen LogP contribution in [0.15, 0.2) is 18.3 Å². The molecular weight excluding hydrogens is 414 g/mol. The van der Waals surface area contributed by atoms with Crippen LogP contribution in [0.25, 0.3) is 11.3 Å². The fourth-order valence-corrected chi connectivity index (χ4v) is 5.78. The largest absolute Gasteiger partial charge is 0.431 e. The van der Waals surface area contributed by atoms with Crippen molar-refractivity contribution in [2.45, 2.75) is 57.7 Å². The molecule has 3 fully saturated rings. The van der Waals surface area contributed by atoms with Crippen molar-refractivity contribution >= 4 is 5.82 Å². The summed E-state index contributed by atoms with van der Waals surface area (Å²) in [5, 5.41) is 8.31. The number of ether oxygens (including phenoxy) is 1. The Kier molecular flexibility index (Phi) is 5.79. The molecule has 2 unspecified atom stereocenters. The third kappa shape index (κ3) is 4.08. The maximum absolute atomic E-state index is 12.7. The maximum Gasteiger partial charge on any atom is 0.387 e. The Labute approximate surface area is 187 Å². The van der Waals surface area contributed by atoms with Crippen molar-refractivity contribution < 1.29 is 13.5 Å². The fraction of sp³-hybridized carbons (Fsp3) is 0.652. The van der Waals surface area contributed by atoms with E-state index in [1.54, 1.807) is 6.20 Å². The summed E-state index contributed by atoms with van der Waals surface area (Å²) in [4.78, 5) is 6.72. The quantitative estimate of drug-likeness (QED) is 0.707. The zero-order valence-corrected chi connectivity index (χ0v) is 18.7. The Balaban J connectivity index is 1.35. The summed E-state index contributed by atoms with van der Waals surface area (Å²) in [6.45, 7) is 5.86. The summed E-state index contributed by atoms with van der Waals surface area (Å²) < 4.78 is 32.0. The molecule has 2 aliphatic carbocycles. The van der Waals surface area contributed by atoms with E-state index in [2.05, 4.69) is 44.5 Å². The van der Waals surface area contributed by atoms with Gasteiger partial charge in [-0.1, -0.05) is 0 Å². The highest BCUT2D eigenvalue weighted by atomic mass is 19.3. The molecule has 5 rings (SSSR count). The van der Waals surface area contributed by atoms with E-state index in [9.17, 15) is 8.78 Å². The van der Waals surface area contributed by atoms with E-state index in [-0.39, 0.29) is 17.6 Å². The zero-order valence-electron chi connectivity index (χ0n) is 18.7. The van der Waals surface area contributed by atoms with Gasteiger partial charge in [-0.15, -0.1) is 0 Å². The van der Waals surface area contributed by atoms with Crippen LogP contribution in [-0.4, -0.2) is 58.5 Å². The summed E-state index contributed by atoms with van der Waals surface area (Å²) in [5.74, 6) is 1.78. The summed E-state index contributed by atoms with van der Waals surface area (Å²) >= 11 is 0. The number of hydrogen-bond acceptors (Lipinski definition) is 6. The number of alkyl halides is 2. The van der Waals surface area contributed by atoms with Gasteiger partial charge >= 0.3 is 6.61 Å². The van der Waals surface area contributed by atoms with E-state index in [1.165, 1.54) is 37.6 Å². The molecule has 0 spiro atoms. The number of anilines is 1. The molecule has 1 aliphatic heterocycles. The third-order valence-electron chi connectivity index (χ3n) is 7.30. The van der Waals surface area contributed by atoms with Crippen LogP contribution in [0, 0.1) is 11.8 Å². The van der Waals surface area contributed by atoms with Crippen LogP contribution in [0.3, 0.4) is 0 Å². The van der Waals surface area contributed by atoms with Gasteiger partial charge in [0.2, 0.25) is 0 Å². The molecule has 3 heterocycles. The van der Waals surface area contributed by atoms with Crippen LogP contribution in [0.5, 0.6) is 5.75 Å². The number of nitrogens with one attached hydrogen (secondary N) is 1. The zero-order chi connectivity index (χ0) is 22.4. The first-order valence-corrected chi connectivity index (χ1v) is 11.7. The number of aromatic nitrogens is 3. The smallest absolute Gasteiger partial charge is 0.387 e. The Bertz CT molecular complexity index is 944. The van der Waals surface area contributed by atoms with Crippen molar-refractivity contribution in [1.29, 1.82) is 0 Å². The Hall–Kier alpha value is -2.26. The van der Waals surface area contributed by atoms with Crippen molar-refractivity contribution in [1.82, 2.24) is 25.0 Å². The second kappa shape index (κ2) is 8.59. The fourth-order valence-electron chi connectivity index (χ4n) is 5.78. The minimum atomic E-state index is -2.95. The molecule has 2 aromatic rings. The van der Waals surface area contributed by atoms with Crippen LogP contribution in [-0.2, 0) is 0 Å². The summed E-state index contributed by atoms with van der Waals surface area (Å²) in [6, 6.07) is 4.52. The average Bonchev–Trinajstić information content (AvgIpc) is 3.08. The van der Waals surface area contributed by atoms with Crippen molar-refractivity contribution in [2.75, 3.05) is 31.9 Å². The number of nitrogens with zero attached hydrogens (tertiary/aromatic N) is 4. The van der Waals surface area contributed by atoms with Crippen molar-refractivity contribution in [3.8, 4) is 17.0 Å². The lowest BCUT2D eigenvalue weighted by Gasteiger charge is -2.29. The number of hydrogen-bond donors (Lipinski definition) is 2. The van der Waals surface area contributed by atoms with E-state index in [4.69, 9.17) is 10.8 Å². The lowest BCUT2D eigenvalue weighted by molar-refractivity contribution is -0.0494. The molecule has 7 nitrogen and oxygen atoms in total. The Morgan fingerprint density at radius 3 is 2.66 bits per heavy atom. The van der Waals surface area contributed by atoms with E-state index >= 15 is 0 Å². The number of fused-ring (bicyclic) bond motifs is 1. The van der Waals surface area contributed by atoms with Gasteiger partial charge in [0.05, 0.1) is 5.69 Å². The minimum absolute atomic E-state index is 0.0518. The number of halogens is 2. The molecule has 1 saturated heterocycles. The molecule has 3 N–H and O–H groups in total. The molecule has 9 heteroatoms. The first-order chi connectivity index (χ1) is 15.4. The van der Waals surface area contributed by atoms with Crippen molar-refractivity contribution in [3.05, 3.63) is 24.0 Å². The first-order valence-electron chi connectivity index (χ1n) is 11.7. The molecule has 0 bridgehead atoms. The minimum Gasteiger partial charge on any atom is -0.431 e.